The van der Waals surface area contributed by atoms with Crippen molar-refractivity contribution in [2.24, 2.45) is 0 Å². The average Bonchev–Trinajstić information content (AvgIpc) is 3.00. The number of hydrogen-bond acceptors (Lipinski definition) is 4. The van der Waals surface area contributed by atoms with Gasteiger partial charge in [0.15, 0.2) is 0 Å². The third kappa shape index (κ3) is 2.92. The Labute approximate surface area is 131 Å². The van der Waals surface area contributed by atoms with E-state index >= 15 is 0 Å². The lowest BCUT2D eigenvalue weighted by molar-refractivity contribution is 0.0938. The van der Waals surface area contributed by atoms with E-state index in [4.69, 9.17) is 0 Å². The molecule has 0 aliphatic heterocycles. The molecular weight excluding hydrogens is 298 g/mol. The molecule has 112 valence electrons. The van der Waals surface area contributed by atoms with Gasteiger partial charge >= 0.3 is 0 Å². The number of nitrogens with one attached hydrogen (secondary N) is 1. The van der Waals surface area contributed by atoms with Crippen molar-refractivity contribution in [3.63, 3.8) is 0 Å². The van der Waals surface area contributed by atoms with Crippen LogP contribution in [0.2, 0.25) is 0 Å². The summed E-state index contributed by atoms with van der Waals surface area (Å²) in [5.41, 5.74) is 1.40. The van der Waals surface area contributed by atoms with Crippen LogP contribution in [0, 0.1) is 0 Å². The standard InChI is InChI=1S/C16H15N3O2S/c1-11(8-12-5-7-22-10-12)18-15(20)13-9-17-14-4-2-3-6-19(14)16(13)21/h2-7,9-11H,8H2,1H3,(H,18,20). The van der Waals surface area contributed by atoms with Crippen LogP contribution in [0.25, 0.3) is 5.65 Å². The van der Waals surface area contributed by atoms with E-state index in [1.165, 1.54) is 16.2 Å². The van der Waals surface area contributed by atoms with Gasteiger partial charge in [-0.15, -0.1) is 0 Å². The minimum Gasteiger partial charge on any atom is -0.349 e. The maximum atomic E-state index is 12.3. The van der Waals surface area contributed by atoms with E-state index in [1.807, 2.05) is 18.4 Å². The quantitative estimate of drug-likeness (QED) is 0.802. The molecule has 0 fully saturated rings. The lowest BCUT2D eigenvalue weighted by atomic mass is 10.1. The second kappa shape index (κ2) is 6.11. The maximum absolute atomic E-state index is 12.3. The molecule has 1 N–H and O–H groups in total. The van der Waals surface area contributed by atoms with Crippen LogP contribution in [-0.4, -0.2) is 21.3 Å². The molecule has 0 aliphatic rings. The van der Waals surface area contributed by atoms with Crippen LogP contribution in [-0.2, 0) is 6.42 Å². The summed E-state index contributed by atoms with van der Waals surface area (Å²) in [5.74, 6) is -0.390. The number of aromatic nitrogens is 2. The van der Waals surface area contributed by atoms with Gasteiger partial charge in [-0.25, -0.2) is 4.98 Å². The number of carbonyl (C=O) groups is 1. The van der Waals surface area contributed by atoms with E-state index in [9.17, 15) is 9.59 Å². The minimum absolute atomic E-state index is 0.0564. The fourth-order valence-electron chi connectivity index (χ4n) is 2.30. The molecule has 0 spiro atoms. The lowest BCUT2D eigenvalue weighted by Gasteiger charge is -2.13. The zero-order valence-corrected chi connectivity index (χ0v) is 12.8. The first-order valence-electron chi connectivity index (χ1n) is 6.93. The molecule has 0 saturated heterocycles. The predicted octanol–water partition coefficient (Wildman–Crippen LogP) is 2.12. The number of pyridine rings is 1. The Morgan fingerprint density at radius 3 is 3.05 bits per heavy atom. The molecule has 0 saturated carbocycles. The van der Waals surface area contributed by atoms with E-state index in [2.05, 4.69) is 15.7 Å². The van der Waals surface area contributed by atoms with Gasteiger partial charge < -0.3 is 5.32 Å². The van der Waals surface area contributed by atoms with Gasteiger partial charge in [0.1, 0.15) is 11.2 Å². The van der Waals surface area contributed by atoms with Crippen LogP contribution < -0.4 is 10.9 Å². The van der Waals surface area contributed by atoms with Gasteiger partial charge in [0.2, 0.25) is 0 Å². The summed E-state index contributed by atoms with van der Waals surface area (Å²) >= 11 is 1.62. The second-order valence-corrected chi connectivity index (χ2v) is 5.90. The number of rotatable bonds is 4. The van der Waals surface area contributed by atoms with E-state index in [1.54, 1.807) is 35.7 Å². The van der Waals surface area contributed by atoms with Gasteiger partial charge in [-0.3, -0.25) is 14.0 Å². The number of nitrogens with zero attached hydrogens (tertiary/aromatic N) is 2. The van der Waals surface area contributed by atoms with Crippen molar-refractivity contribution in [1.29, 1.82) is 0 Å². The molecule has 5 nitrogen and oxygen atoms in total. The highest BCUT2D eigenvalue weighted by atomic mass is 32.1. The average molecular weight is 313 g/mol. The first-order valence-corrected chi connectivity index (χ1v) is 7.88. The zero-order chi connectivity index (χ0) is 15.5. The smallest absolute Gasteiger partial charge is 0.270 e. The molecule has 3 aromatic rings. The van der Waals surface area contributed by atoms with Crippen LogP contribution in [0.3, 0.4) is 0 Å². The van der Waals surface area contributed by atoms with Crippen LogP contribution in [0.5, 0.6) is 0 Å². The van der Waals surface area contributed by atoms with Crippen molar-refractivity contribution in [1.82, 2.24) is 14.7 Å². The predicted molar refractivity (Wildman–Crippen MR) is 86.4 cm³/mol. The van der Waals surface area contributed by atoms with Crippen molar-refractivity contribution in [2.75, 3.05) is 0 Å². The van der Waals surface area contributed by atoms with Crippen LogP contribution in [0.4, 0.5) is 0 Å². The van der Waals surface area contributed by atoms with E-state index in [-0.39, 0.29) is 17.2 Å². The molecule has 1 unspecified atom stereocenters. The van der Waals surface area contributed by atoms with Crippen molar-refractivity contribution in [3.05, 3.63) is 68.9 Å². The molecule has 3 rings (SSSR count). The summed E-state index contributed by atoms with van der Waals surface area (Å²) in [6.07, 6.45) is 3.68. The monoisotopic (exact) mass is 313 g/mol. The molecule has 1 amide bonds. The zero-order valence-electron chi connectivity index (χ0n) is 12.0. The molecule has 6 heteroatoms. The molecule has 3 heterocycles. The molecule has 3 aromatic heterocycles. The fraction of sp³-hybridized carbons (Fsp3) is 0.188. The Balaban J connectivity index is 1.80. The summed E-state index contributed by atoms with van der Waals surface area (Å²) in [6, 6.07) is 7.22. The number of carbonyl (C=O) groups excluding carboxylic acids is 1. The van der Waals surface area contributed by atoms with Crippen molar-refractivity contribution in [3.8, 4) is 0 Å². The number of amides is 1. The highest BCUT2D eigenvalue weighted by Crippen LogP contribution is 2.08. The third-order valence-electron chi connectivity index (χ3n) is 3.36. The maximum Gasteiger partial charge on any atom is 0.270 e. The van der Waals surface area contributed by atoms with Gasteiger partial charge in [-0.2, -0.15) is 11.3 Å². The Bertz CT molecular complexity index is 855. The Morgan fingerprint density at radius 1 is 1.41 bits per heavy atom. The van der Waals surface area contributed by atoms with Crippen LogP contribution in [0.15, 0.2) is 52.2 Å². The first-order chi connectivity index (χ1) is 10.6. The SMILES string of the molecule is CC(Cc1ccsc1)NC(=O)c1cnc2ccccn2c1=O. The molecule has 0 radical (unpaired) electrons. The van der Waals surface area contributed by atoms with Gasteiger partial charge in [0.25, 0.3) is 11.5 Å². The normalized spacial score (nSPS) is 12.2. The molecule has 0 aliphatic carbocycles. The summed E-state index contributed by atoms with van der Waals surface area (Å²) < 4.78 is 1.37. The highest BCUT2D eigenvalue weighted by Gasteiger charge is 2.15. The highest BCUT2D eigenvalue weighted by molar-refractivity contribution is 7.07. The molecule has 0 bridgehead atoms. The van der Waals surface area contributed by atoms with Gasteiger partial charge in [-0.1, -0.05) is 6.07 Å². The van der Waals surface area contributed by atoms with Crippen molar-refractivity contribution in [2.45, 2.75) is 19.4 Å². The Kier molecular flexibility index (Phi) is 4.02. The summed E-state index contributed by atoms with van der Waals surface area (Å²) in [4.78, 5) is 28.8. The number of thiophene rings is 1. The topological polar surface area (TPSA) is 63.5 Å². The van der Waals surface area contributed by atoms with E-state index < -0.39 is 5.91 Å². The van der Waals surface area contributed by atoms with E-state index in [0.29, 0.717) is 5.65 Å². The summed E-state index contributed by atoms with van der Waals surface area (Å²) in [6.45, 7) is 1.92. The Hall–Kier alpha value is -2.47. The fourth-order valence-corrected chi connectivity index (χ4v) is 2.98. The van der Waals surface area contributed by atoms with Crippen LogP contribution >= 0.6 is 11.3 Å². The van der Waals surface area contributed by atoms with Crippen molar-refractivity contribution >= 4 is 22.9 Å². The number of fused-ring (bicyclic) bond motifs is 1. The minimum atomic E-state index is -0.390. The van der Waals surface area contributed by atoms with E-state index in [0.717, 1.165) is 6.42 Å². The Morgan fingerprint density at radius 2 is 2.27 bits per heavy atom. The van der Waals surface area contributed by atoms with Crippen molar-refractivity contribution < 1.29 is 4.79 Å². The van der Waals surface area contributed by atoms with Gasteiger partial charge in [0, 0.05) is 18.4 Å². The molecule has 1 atom stereocenters. The van der Waals surface area contributed by atoms with Gasteiger partial charge in [-0.05, 0) is 47.9 Å². The first kappa shape index (κ1) is 14.5. The summed E-state index contributed by atoms with van der Waals surface area (Å²) in [5, 5.41) is 6.91. The second-order valence-electron chi connectivity index (χ2n) is 5.12. The molecular formula is C16H15N3O2S. The number of hydrogen-bond donors (Lipinski definition) is 1. The molecule has 22 heavy (non-hydrogen) atoms. The third-order valence-corrected chi connectivity index (χ3v) is 4.09. The molecule has 0 aromatic carbocycles. The lowest BCUT2D eigenvalue weighted by Crippen LogP contribution is -2.37. The van der Waals surface area contributed by atoms with Gasteiger partial charge in [0.05, 0.1) is 0 Å². The van der Waals surface area contributed by atoms with Crippen LogP contribution in [0.1, 0.15) is 22.8 Å². The summed E-state index contributed by atoms with van der Waals surface area (Å²) in [7, 11) is 0. The largest absolute Gasteiger partial charge is 0.349 e.